The summed E-state index contributed by atoms with van der Waals surface area (Å²) in [4.78, 5) is 2.58. The van der Waals surface area contributed by atoms with Crippen LogP contribution in [-0.4, -0.2) is 24.5 Å². The Bertz CT molecular complexity index is 205. The molecule has 1 saturated carbocycles. The predicted molar refractivity (Wildman–Crippen MR) is 56.7 cm³/mol. The molecule has 2 aliphatic rings. The third kappa shape index (κ3) is 2.27. The molecule has 1 saturated heterocycles. The monoisotopic (exact) mass is 192 g/mol. The number of likely N-dealkylation sites (tertiary alicyclic amines) is 1. The van der Waals surface area contributed by atoms with Gasteiger partial charge in [0.15, 0.2) is 0 Å². The highest BCUT2D eigenvalue weighted by atomic mass is 15.1. The molecule has 0 aromatic rings. The first-order chi connectivity index (χ1) is 6.90. The van der Waals surface area contributed by atoms with E-state index in [9.17, 15) is 0 Å². The number of hydrogen-bond donors (Lipinski definition) is 0. The van der Waals surface area contributed by atoms with Crippen LogP contribution in [0.3, 0.4) is 0 Å². The standard InChI is InChI=1S/C12H20N2/c13-7-3-4-8-14-9-11-5-1-2-6-12(11)10-14/h11-12H,1-6,8-10H2/t11-,12+. The van der Waals surface area contributed by atoms with Crippen LogP contribution in [0, 0.1) is 23.2 Å². The quantitative estimate of drug-likeness (QED) is 0.642. The lowest BCUT2D eigenvalue weighted by atomic mass is 9.82. The van der Waals surface area contributed by atoms with Gasteiger partial charge >= 0.3 is 0 Å². The predicted octanol–water partition coefficient (Wildman–Crippen LogP) is 2.41. The third-order valence-electron chi connectivity index (χ3n) is 3.81. The van der Waals surface area contributed by atoms with Crippen molar-refractivity contribution in [1.82, 2.24) is 4.90 Å². The summed E-state index contributed by atoms with van der Waals surface area (Å²) >= 11 is 0. The van der Waals surface area contributed by atoms with Gasteiger partial charge in [0.1, 0.15) is 0 Å². The van der Waals surface area contributed by atoms with Crippen LogP contribution in [0.1, 0.15) is 38.5 Å². The number of nitrogens with zero attached hydrogens (tertiary/aromatic N) is 2. The van der Waals surface area contributed by atoms with Crippen molar-refractivity contribution >= 4 is 0 Å². The van der Waals surface area contributed by atoms with Gasteiger partial charge in [-0.05, 0) is 37.6 Å². The Kier molecular flexibility index (Phi) is 3.42. The maximum atomic E-state index is 8.48. The molecule has 2 atom stereocenters. The van der Waals surface area contributed by atoms with E-state index in [2.05, 4.69) is 11.0 Å². The summed E-state index contributed by atoms with van der Waals surface area (Å²) in [6, 6.07) is 2.23. The Balaban J connectivity index is 1.73. The van der Waals surface area contributed by atoms with E-state index in [-0.39, 0.29) is 0 Å². The van der Waals surface area contributed by atoms with Gasteiger partial charge in [0.25, 0.3) is 0 Å². The van der Waals surface area contributed by atoms with Gasteiger partial charge in [-0.2, -0.15) is 5.26 Å². The fourth-order valence-electron chi connectivity index (χ4n) is 3.07. The van der Waals surface area contributed by atoms with Crippen LogP contribution in [0.15, 0.2) is 0 Å². The van der Waals surface area contributed by atoms with E-state index in [1.165, 1.54) is 38.8 Å². The van der Waals surface area contributed by atoms with Gasteiger partial charge in [0, 0.05) is 19.5 Å². The average Bonchev–Trinajstić information content (AvgIpc) is 2.60. The zero-order valence-electron chi connectivity index (χ0n) is 8.91. The van der Waals surface area contributed by atoms with E-state index in [0.29, 0.717) is 0 Å². The molecule has 78 valence electrons. The van der Waals surface area contributed by atoms with E-state index in [1.807, 2.05) is 0 Å². The molecule has 0 bridgehead atoms. The number of unbranched alkanes of at least 4 members (excludes halogenated alkanes) is 1. The number of rotatable bonds is 3. The maximum absolute atomic E-state index is 8.48. The van der Waals surface area contributed by atoms with Crippen molar-refractivity contribution in [2.75, 3.05) is 19.6 Å². The molecule has 0 unspecified atom stereocenters. The molecular weight excluding hydrogens is 172 g/mol. The van der Waals surface area contributed by atoms with Crippen molar-refractivity contribution in [2.45, 2.75) is 38.5 Å². The average molecular weight is 192 g/mol. The Morgan fingerprint density at radius 1 is 1.14 bits per heavy atom. The highest BCUT2D eigenvalue weighted by molar-refractivity contribution is 4.86. The Morgan fingerprint density at radius 3 is 2.36 bits per heavy atom. The zero-order chi connectivity index (χ0) is 9.80. The van der Waals surface area contributed by atoms with Gasteiger partial charge in [-0.25, -0.2) is 0 Å². The highest BCUT2D eigenvalue weighted by Gasteiger charge is 2.33. The molecule has 1 heterocycles. The molecule has 2 fully saturated rings. The second kappa shape index (κ2) is 4.79. The first-order valence-corrected chi connectivity index (χ1v) is 5.99. The lowest BCUT2D eigenvalue weighted by molar-refractivity contribution is 0.299. The smallest absolute Gasteiger partial charge is 0.0622 e. The van der Waals surface area contributed by atoms with Gasteiger partial charge in [-0.15, -0.1) is 0 Å². The molecule has 0 amide bonds. The summed E-state index contributed by atoms with van der Waals surface area (Å²) in [7, 11) is 0. The van der Waals surface area contributed by atoms with Gasteiger partial charge in [-0.3, -0.25) is 0 Å². The van der Waals surface area contributed by atoms with Crippen molar-refractivity contribution < 1.29 is 0 Å². The normalized spacial score (nSPS) is 32.5. The van der Waals surface area contributed by atoms with E-state index < -0.39 is 0 Å². The molecule has 0 aromatic carbocycles. The maximum Gasteiger partial charge on any atom is 0.0622 e. The summed E-state index contributed by atoms with van der Waals surface area (Å²) in [5.74, 6) is 1.98. The molecule has 0 radical (unpaired) electrons. The molecule has 2 nitrogen and oxygen atoms in total. The lowest BCUT2D eigenvalue weighted by Crippen LogP contribution is -2.21. The fraction of sp³-hybridized carbons (Fsp3) is 0.917. The zero-order valence-corrected chi connectivity index (χ0v) is 8.91. The van der Waals surface area contributed by atoms with Crippen molar-refractivity contribution in [3.05, 3.63) is 0 Å². The molecule has 1 aliphatic heterocycles. The van der Waals surface area contributed by atoms with Crippen LogP contribution >= 0.6 is 0 Å². The Labute approximate surface area is 86.9 Å². The molecule has 14 heavy (non-hydrogen) atoms. The molecular formula is C12H20N2. The summed E-state index contributed by atoms with van der Waals surface area (Å²) in [6.07, 6.45) is 7.61. The first kappa shape index (κ1) is 9.98. The second-order valence-corrected chi connectivity index (χ2v) is 4.83. The van der Waals surface area contributed by atoms with Crippen molar-refractivity contribution in [1.29, 1.82) is 5.26 Å². The van der Waals surface area contributed by atoms with Gasteiger partial charge in [-0.1, -0.05) is 12.8 Å². The van der Waals surface area contributed by atoms with Crippen molar-refractivity contribution in [3.63, 3.8) is 0 Å². The van der Waals surface area contributed by atoms with E-state index >= 15 is 0 Å². The summed E-state index contributed by atoms with van der Waals surface area (Å²) in [5, 5.41) is 8.48. The summed E-state index contributed by atoms with van der Waals surface area (Å²) in [6.45, 7) is 3.78. The summed E-state index contributed by atoms with van der Waals surface area (Å²) < 4.78 is 0. The van der Waals surface area contributed by atoms with E-state index in [1.54, 1.807) is 0 Å². The van der Waals surface area contributed by atoms with E-state index in [0.717, 1.165) is 31.2 Å². The third-order valence-corrected chi connectivity index (χ3v) is 3.81. The van der Waals surface area contributed by atoms with Crippen LogP contribution in [0.4, 0.5) is 0 Å². The van der Waals surface area contributed by atoms with Gasteiger partial charge < -0.3 is 4.90 Å². The van der Waals surface area contributed by atoms with Crippen molar-refractivity contribution in [3.8, 4) is 6.07 Å². The Hall–Kier alpha value is -0.550. The van der Waals surface area contributed by atoms with Crippen LogP contribution in [0.2, 0.25) is 0 Å². The largest absolute Gasteiger partial charge is 0.303 e. The molecule has 2 heteroatoms. The minimum Gasteiger partial charge on any atom is -0.303 e. The van der Waals surface area contributed by atoms with Crippen LogP contribution in [0.25, 0.3) is 0 Å². The Morgan fingerprint density at radius 2 is 1.79 bits per heavy atom. The lowest BCUT2D eigenvalue weighted by Gasteiger charge is -2.23. The number of hydrogen-bond acceptors (Lipinski definition) is 2. The minimum atomic E-state index is 0.728. The second-order valence-electron chi connectivity index (χ2n) is 4.83. The molecule has 0 spiro atoms. The van der Waals surface area contributed by atoms with Gasteiger partial charge in [0.05, 0.1) is 6.07 Å². The van der Waals surface area contributed by atoms with E-state index in [4.69, 9.17) is 5.26 Å². The number of fused-ring (bicyclic) bond motifs is 1. The van der Waals surface area contributed by atoms with Crippen LogP contribution in [-0.2, 0) is 0 Å². The molecule has 1 aliphatic carbocycles. The molecule has 2 rings (SSSR count). The molecule has 0 N–H and O–H groups in total. The minimum absolute atomic E-state index is 0.728. The topological polar surface area (TPSA) is 27.0 Å². The van der Waals surface area contributed by atoms with Gasteiger partial charge in [0.2, 0.25) is 0 Å². The van der Waals surface area contributed by atoms with Crippen LogP contribution in [0.5, 0.6) is 0 Å². The van der Waals surface area contributed by atoms with Crippen molar-refractivity contribution in [2.24, 2.45) is 11.8 Å². The number of nitriles is 1. The fourth-order valence-corrected chi connectivity index (χ4v) is 3.07. The van der Waals surface area contributed by atoms with Crippen LogP contribution < -0.4 is 0 Å². The highest BCUT2D eigenvalue weighted by Crippen LogP contribution is 2.35. The summed E-state index contributed by atoms with van der Waals surface area (Å²) in [5.41, 5.74) is 0. The first-order valence-electron chi connectivity index (χ1n) is 5.99. The SMILES string of the molecule is N#CCCCN1C[C@H]2CCCC[C@H]2C1. The molecule has 0 aromatic heterocycles.